The highest BCUT2D eigenvalue weighted by atomic mass is 35.5. The third kappa shape index (κ3) is 5.28. The molecule has 4 aromatic rings. The van der Waals surface area contributed by atoms with Gasteiger partial charge >= 0.3 is 6.03 Å². The molecule has 3 amide bonds. The molecule has 2 aromatic heterocycles. The Morgan fingerprint density at radius 1 is 1.11 bits per heavy atom. The topological polar surface area (TPSA) is 118 Å². The van der Waals surface area contributed by atoms with Crippen LogP contribution >= 0.6 is 11.6 Å². The Balaban J connectivity index is 1.40. The van der Waals surface area contributed by atoms with Crippen LogP contribution < -0.4 is 16.4 Å². The first kappa shape index (κ1) is 25.5. The number of fused-ring (bicyclic) bond motifs is 1. The molecule has 9 nitrogen and oxygen atoms in total. The number of hydrogen-bond acceptors (Lipinski definition) is 5. The van der Waals surface area contributed by atoms with Gasteiger partial charge in [-0.25, -0.2) is 14.5 Å². The fraction of sp³-hybridized carbons (Fsp3) is 0.286. The molecule has 0 radical (unpaired) electrons. The van der Waals surface area contributed by atoms with Gasteiger partial charge in [-0.1, -0.05) is 48.0 Å². The standard InChI is InChI=1S/C28H30ClN7O2/c1-2-36-26-23(17-33-36)25(34-21-10-12-35(13-11-21)28(30)38)24(16-31-26)27(37)32-15-19-6-3-4-9-22(19)18-7-5-8-20(29)14-18/h3-9,14,16-17,21H,2,10-13,15H2,1H3,(H2,30,38)(H,31,34)(H,32,37). The van der Waals surface area contributed by atoms with E-state index >= 15 is 0 Å². The first-order chi connectivity index (χ1) is 18.4. The molecule has 5 rings (SSSR count). The summed E-state index contributed by atoms with van der Waals surface area (Å²) in [6.45, 7) is 4.14. The number of amides is 3. The van der Waals surface area contributed by atoms with E-state index in [1.165, 1.54) is 0 Å². The number of aromatic nitrogens is 3. The maximum absolute atomic E-state index is 13.5. The van der Waals surface area contributed by atoms with Gasteiger partial charge in [0, 0.05) is 43.4 Å². The zero-order valence-corrected chi connectivity index (χ0v) is 21.9. The number of likely N-dealkylation sites (tertiary alicyclic amines) is 1. The summed E-state index contributed by atoms with van der Waals surface area (Å²) in [4.78, 5) is 31.3. The van der Waals surface area contributed by atoms with Crippen LogP contribution in [0.15, 0.2) is 60.9 Å². The van der Waals surface area contributed by atoms with Gasteiger partial charge in [0.05, 0.1) is 22.8 Å². The summed E-state index contributed by atoms with van der Waals surface area (Å²) in [6, 6.07) is 15.3. The van der Waals surface area contributed by atoms with Gasteiger partial charge in [-0.15, -0.1) is 0 Å². The third-order valence-electron chi connectivity index (χ3n) is 6.96. The van der Waals surface area contributed by atoms with Crippen LogP contribution in [0.1, 0.15) is 35.7 Å². The monoisotopic (exact) mass is 531 g/mol. The summed E-state index contributed by atoms with van der Waals surface area (Å²) in [7, 11) is 0. The lowest BCUT2D eigenvalue weighted by Crippen LogP contribution is -2.44. The Morgan fingerprint density at radius 3 is 2.63 bits per heavy atom. The molecule has 1 aliphatic heterocycles. The molecule has 4 N–H and O–H groups in total. The van der Waals surface area contributed by atoms with E-state index in [1.54, 1.807) is 22.0 Å². The molecule has 2 aromatic carbocycles. The minimum absolute atomic E-state index is 0.0799. The average molecular weight is 532 g/mol. The Hall–Kier alpha value is -4.11. The van der Waals surface area contributed by atoms with Crippen LogP contribution in [0.3, 0.4) is 0 Å². The summed E-state index contributed by atoms with van der Waals surface area (Å²) < 4.78 is 1.80. The van der Waals surface area contributed by atoms with Crippen LogP contribution in [-0.4, -0.2) is 50.7 Å². The second-order valence-corrected chi connectivity index (χ2v) is 9.77. The normalized spacial score (nSPS) is 14.0. The minimum atomic E-state index is -0.405. The van der Waals surface area contributed by atoms with Gasteiger partial charge < -0.3 is 21.3 Å². The van der Waals surface area contributed by atoms with Crippen LogP contribution in [0.4, 0.5) is 10.5 Å². The SMILES string of the molecule is CCn1ncc2c(NC3CCN(C(N)=O)CC3)c(C(=O)NCc3ccccc3-c3cccc(Cl)c3)cnc21. The van der Waals surface area contributed by atoms with E-state index in [2.05, 4.69) is 20.7 Å². The predicted molar refractivity (Wildman–Crippen MR) is 149 cm³/mol. The molecular formula is C28H30ClN7O2. The molecule has 0 atom stereocenters. The number of carbonyl (C=O) groups excluding carboxylic acids is 2. The van der Waals surface area contributed by atoms with Gasteiger partial charge in [-0.2, -0.15) is 5.10 Å². The molecule has 0 aliphatic carbocycles. The number of piperidine rings is 1. The van der Waals surface area contributed by atoms with Crippen molar-refractivity contribution in [2.24, 2.45) is 5.73 Å². The second kappa shape index (κ2) is 11.1. The zero-order chi connectivity index (χ0) is 26.6. The van der Waals surface area contributed by atoms with Crippen LogP contribution in [0, 0.1) is 0 Å². The maximum Gasteiger partial charge on any atom is 0.314 e. The highest BCUT2D eigenvalue weighted by Gasteiger charge is 2.25. The number of hydrogen-bond donors (Lipinski definition) is 3. The van der Waals surface area contributed by atoms with Crippen LogP contribution in [0.2, 0.25) is 5.02 Å². The number of primary amides is 1. The molecule has 1 aliphatic rings. The Kier molecular flexibility index (Phi) is 7.46. The van der Waals surface area contributed by atoms with Gasteiger partial charge in [0.2, 0.25) is 0 Å². The lowest BCUT2D eigenvalue weighted by atomic mass is 9.99. The van der Waals surface area contributed by atoms with E-state index in [1.807, 2.05) is 55.5 Å². The van der Waals surface area contributed by atoms with Crippen LogP contribution in [0.5, 0.6) is 0 Å². The van der Waals surface area contributed by atoms with Crippen molar-refractivity contribution in [3.63, 3.8) is 0 Å². The Morgan fingerprint density at radius 2 is 1.89 bits per heavy atom. The largest absolute Gasteiger partial charge is 0.381 e. The number of urea groups is 1. The number of aryl methyl sites for hydroxylation is 1. The molecule has 1 fully saturated rings. The van der Waals surface area contributed by atoms with E-state index in [4.69, 9.17) is 17.3 Å². The number of halogens is 1. The lowest BCUT2D eigenvalue weighted by molar-refractivity contribution is 0.0951. The molecule has 10 heteroatoms. The van der Waals surface area contributed by atoms with Crippen molar-refractivity contribution in [2.75, 3.05) is 18.4 Å². The molecule has 38 heavy (non-hydrogen) atoms. The number of benzene rings is 2. The third-order valence-corrected chi connectivity index (χ3v) is 7.19. The average Bonchev–Trinajstić information content (AvgIpc) is 3.36. The lowest BCUT2D eigenvalue weighted by Gasteiger charge is -2.32. The molecule has 196 valence electrons. The van der Waals surface area contributed by atoms with Crippen LogP contribution in [-0.2, 0) is 13.1 Å². The molecule has 1 saturated heterocycles. The van der Waals surface area contributed by atoms with E-state index < -0.39 is 6.03 Å². The van der Waals surface area contributed by atoms with Crippen molar-refractivity contribution < 1.29 is 9.59 Å². The van der Waals surface area contributed by atoms with Gasteiger partial charge in [-0.3, -0.25) is 4.79 Å². The molecule has 3 heterocycles. The molecule has 0 bridgehead atoms. The zero-order valence-electron chi connectivity index (χ0n) is 21.2. The molecular weight excluding hydrogens is 502 g/mol. The predicted octanol–water partition coefficient (Wildman–Crippen LogP) is 4.66. The van der Waals surface area contributed by atoms with Crippen molar-refractivity contribution in [2.45, 2.75) is 38.9 Å². The van der Waals surface area contributed by atoms with Crippen molar-refractivity contribution in [1.82, 2.24) is 25.0 Å². The first-order valence-corrected chi connectivity index (χ1v) is 13.1. The number of rotatable bonds is 7. The highest BCUT2D eigenvalue weighted by molar-refractivity contribution is 6.30. The van der Waals surface area contributed by atoms with Gasteiger partial charge in [0.15, 0.2) is 5.65 Å². The van der Waals surface area contributed by atoms with Crippen molar-refractivity contribution in [3.05, 3.63) is 77.1 Å². The molecule has 0 saturated carbocycles. The quantitative estimate of drug-likeness (QED) is 0.320. The van der Waals surface area contributed by atoms with Crippen molar-refractivity contribution in [1.29, 1.82) is 0 Å². The minimum Gasteiger partial charge on any atom is -0.381 e. The van der Waals surface area contributed by atoms with E-state index in [-0.39, 0.29) is 11.9 Å². The number of carbonyl (C=O) groups is 2. The van der Waals surface area contributed by atoms with Gasteiger partial charge in [0.1, 0.15) is 0 Å². The van der Waals surface area contributed by atoms with E-state index in [0.29, 0.717) is 48.1 Å². The van der Waals surface area contributed by atoms with Crippen molar-refractivity contribution >= 4 is 40.3 Å². The Bertz CT molecular complexity index is 1480. The number of nitrogens with two attached hydrogens (primary N) is 1. The first-order valence-electron chi connectivity index (χ1n) is 12.7. The summed E-state index contributed by atoms with van der Waals surface area (Å²) in [5, 5.41) is 12.5. The van der Waals surface area contributed by atoms with Gasteiger partial charge in [-0.05, 0) is 48.6 Å². The number of anilines is 1. The summed E-state index contributed by atoms with van der Waals surface area (Å²) in [5.41, 5.74) is 10.3. The van der Waals surface area contributed by atoms with E-state index in [0.717, 1.165) is 34.9 Å². The second-order valence-electron chi connectivity index (χ2n) is 9.34. The van der Waals surface area contributed by atoms with Crippen molar-refractivity contribution in [3.8, 4) is 11.1 Å². The smallest absolute Gasteiger partial charge is 0.314 e. The molecule has 0 spiro atoms. The van der Waals surface area contributed by atoms with E-state index in [9.17, 15) is 9.59 Å². The molecule has 0 unspecified atom stereocenters. The highest BCUT2D eigenvalue weighted by Crippen LogP contribution is 2.30. The maximum atomic E-state index is 13.5. The fourth-order valence-corrected chi connectivity index (χ4v) is 5.11. The summed E-state index contributed by atoms with van der Waals surface area (Å²) in [6.07, 6.45) is 4.80. The number of nitrogens with one attached hydrogen (secondary N) is 2. The Labute approximate surface area is 226 Å². The van der Waals surface area contributed by atoms with Crippen LogP contribution in [0.25, 0.3) is 22.2 Å². The number of nitrogens with zero attached hydrogens (tertiary/aromatic N) is 4. The summed E-state index contributed by atoms with van der Waals surface area (Å²) >= 11 is 6.22. The summed E-state index contributed by atoms with van der Waals surface area (Å²) in [5.74, 6) is -0.235. The van der Waals surface area contributed by atoms with Gasteiger partial charge in [0.25, 0.3) is 5.91 Å². The number of pyridine rings is 1. The fourth-order valence-electron chi connectivity index (χ4n) is 4.92.